The molecule has 0 fully saturated rings. The van der Waals surface area contributed by atoms with E-state index in [1.807, 2.05) is 13.8 Å². The molecule has 0 aliphatic heterocycles. The van der Waals surface area contributed by atoms with Gasteiger partial charge in [0.05, 0.1) is 18.7 Å². The normalized spacial score (nSPS) is 12.8. The topological polar surface area (TPSA) is 64.6 Å². The fraction of sp³-hybridized carbons (Fsp3) is 0.692. The van der Waals surface area contributed by atoms with Gasteiger partial charge in [0.1, 0.15) is 5.60 Å². The van der Waals surface area contributed by atoms with Crippen LogP contribution in [0.25, 0.3) is 0 Å². The van der Waals surface area contributed by atoms with E-state index in [9.17, 15) is 9.59 Å². The van der Waals surface area contributed by atoms with Crippen LogP contribution in [0.15, 0.2) is 12.2 Å². The number of esters is 1. The number of nitrogens with one attached hydrogen (secondary N) is 1. The summed E-state index contributed by atoms with van der Waals surface area (Å²) in [4.78, 5) is 23.1. The number of ether oxygens (including phenoxy) is 2. The number of amides is 1. The molecule has 5 heteroatoms. The van der Waals surface area contributed by atoms with Crippen LogP contribution >= 0.6 is 0 Å². The lowest BCUT2D eigenvalue weighted by Crippen LogP contribution is -2.44. The van der Waals surface area contributed by atoms with Crippen molar-refractivity contribution in [3.63, 3.8) is 0 Å². The lowest BCUT2D eigenvalue weighted by Gasteiger charge is -2.26. The van der Waals surface area contributed by atoms with Crippen LogP contribution in [-0.2, 0) is 14.3 Å². The van der Waals surface area contributed by atoms with E-state index in [-0.39, 0.29) is 11.5 Å². The van der Waals surface area contributed by atoms with Gasteiger partial charge >= 0.3 is 12.1 Å². The number of methoxy groups -OCH3 is 1. The largest absolute Gasteiger partial charge is 0.466 e. The molecule has 0 spiro atoms. The standard InChI is InChI=1S/C13H23NO4/c1-8(2)10(9(3)11(15)17-7)14-12(16)18-13(4,5)6/h8,10H,3H2,1-2,4-7H3,(H,14,16)/t10-/m0/s1. The van der Waals surface area contributed by atoms with Crippen molar-refractivity contribution < 1.29 is 19.1 Å². The molecule has 0 aromatic carbocycles. The van der Waals surface area contributed by atoms with Gasteiger partial charge in [0.2, 0.25) is 0 Å². The summed E-state index contributed by atoms with van der Waals surface area (Å²) in [5.41, 5.74) is -0.378. The first-order valence-electron chi connectivity index (χ1n) is 5.85. The quantitative estimate of drug-likeness (QED) is 0.620. The first-order valence-corrected chi connectivity index (χ1v) is 5.85. The summed E-state index contributed by atoms with van der Waals surface area (Å²) in [6, 6.07) is -0.507. The molecule has 0 heterocycles. The van der Waals surface area contributed by atoms with Crippen molar-refractivity contribution in [2.24, 2.45) is 5.92 Å². The van der Waals surface area contributed by atoms with Gasteiger partial charge in [-0.3, -0.25) is 0 Å². The van der Waals surface area contributed by atoms with Gasteiger partial charge in [-0.25, -0.2) is 9.59 Å². The zero-order chi connectivity index (χ0) is 14.5. The van der Waals surface area contributed by atoms with Crippen LogP contribution in [-0.4, -0.2) is 30.8 Å². The van der Waals surface area contributed by atoms with Crippen molar-refractivity contribution in [3.05, 3.63) is 12.2 Å². The molecule has 5 nitrogen and oxygen atoms in total. The molecule has 1 atom stereocenters. The second-order valence-electron chi connectivity index (χ2n) is 5.38. The van der Waals surface area contributed by atoms with Gasteiger partial charge < -0.3 is 14.8 Å². The highest BCUT2D eigenvalue weighted by atomic mass is 16.6. The Morgan fingerprint density at radius 1 is 1.22 bits per heavy atom. The molecule has 0 saturated heterocycles. The summed E-state index contributed by atoms with van der Waals surface area (Å²) >= 11 is 0. The third-order valence-electron chi connectivity index (χ3n) is 2.16. The minimum absolute atomic E-state index is 0.00381. The van der Waals surface area contributed by atoms with Crippen LogP contribution in [0.5, 0.6) is 0 Å². The highest BCUT2D eigenvalue weighted by molar-refractivity contribution is 5.89. The van der Waals surface area contributed by atoms with Crippen molar-refractivity contribution in [1.82, 2.24) is 5.32 Å². The van der Waals surface area contributed by atoms with E-state index in [1.165, 1.54) is 7.11 Å². The van der Waals surface area contributed by atoms with Crippen LogP contribution in [0.3, 0.4) is 0 Å². The minimum Gasteiger partial charge on any atom is -0.466 e. The summed E-state index contributed by atoms with van der Waals surface area (Å²) < 4.78 is 9.73. The van der Waals surface area contributed by atoms with Gasteiger partial charge in [0.15, 0.2) is 0 Å². The van der Waals surface area contributed by atoms with E-state index >= 15 is 0 Å². The van der Waals surface area contributed by atoms with Crippen LogP contribution < -0.4 is 5.32 Å². The third-order valence-corrected chi connectivity index (χ3v) is 2.16. The maximum Gasteiger partial charge on any atom is 0.408 e. The van der Waals surface area contributed by atoms with Gasteiger partial charge in [-0.05, 0) is 26.7 Å². The molecular formula is C13H23NO4. The molecule has 0 saturated carbocycles. The first kappa shape index (κ1) is 16.5. The zero-order valence-corrected chi connectivity index (χ0v) is 12.0. The predicted octanol–water partition coefficient (Wildman–Crippen LogP) is 2.26. The molecule has 0 aliphatic carbocycles. The summed E-state index contributed by atoms with van der Waals surface area (Å²) in [6.45, 7) is 12.7. The van der Waals surface area contributed by atoms with E-state index in [0.717, 1.165) is 0 Å². The molecular weight excluding hydrogens is 234 g/mol. The van der Waals surface area contributed by atoms with Crippen LogP contribution in [0.1, 0.15) is 34.6 Å². The fourth-order valence-electron chi connectivity index (χ4n) is 1.35. The Kier molecular flexibility index (Phi) is 5.88. The molecule has 0 aromatic heterocycles. The van der Waals surface area contributed by atoms with E-state index in [2.05, 4.69) is 16.6 Å². The van der Waals surface area contributed by atoms with E-state index in [0.29, 0.717) is 0 Å². The van der Waals surface area contributed by atoms with Crippen LogP contribution in [0, 0.1) is 5.92 Å². The molecule has 0 radical (unpaired) electrons. The van der Waals surface area contributed by atoms with E-state index < -0.39 is 23.7 Å². The van der Waals surface area contributed by atoms with E-state index in [1.54, 1.807) is 20.8 Å². The first-order chi connectivity index (χ1) is 8.08. The average molecular weight is 257 g/mol. The van der Waals surface area contributed by atoms with Crippen molar-refractivity contribution in [1.29, 1.82) is 0 Å². The molecule has 0 bridgehead atoms. The Morgan fingerprint density at radius 2 is 1.72 bits per heavy atom. The number of carbonyl (C=O) groups is 2. The average Bonchev–Trinajstić information content (AvgIpc) is 2.20. The summed E-state index contributed by atoms with van der Waals surface area (Å²) in [6.07, 6.45) is -0.578. The van der Waals surface area contributed by atoms with Gasteiger partial charge in [-0.2, -0.15) is 0 Å². The van der Waals surface area contributed by atoms with Gasteiger partial charge in [-0.15, -0.1) is 0 Å². The number of carbonyl (C=O) groups excluding carboxylic acids is 2. The Labute approximate surface area is 109 Å². The molecule has 0 aliphatic rings. The molecule has 1 N–H and O–H groups in total. The van der Waals surface area contributed by atoms with Crippen molar-refractivity contribution in [3.8, 4) is 0 Å². The monoisotopic (exact) mass is 257 g/mol. The lowest BCUT2D eigenvalue weighted by atomic mass is 9.97. The summed E-state index contributed by atoms with van der Waals surface area (Å²) in [5.74, 6) is -0.533. The summed E-state index contributed by atoms with van der Waals surface area (Å²) in [7, 11) is 1.28. The second kappa shape index (κ2) is 6.42. The molecule has 0 unspecified atom stereocenters. The minimum atomic E-state index is -0.585. The number of rotatable bonds is 4. The SMILES string of the molecule is C=C(C(=O)OC)[C@@H](NC(=O)OC(C)(C)C)C(C)C. The number of hydrogen-bond donors (Lipinski definition) is 1. The lowest BCUT2D eigenvalue weighted by molar-refractivity contribution is -0.136. The Morgan fingerprint density at radius 3 is 2.06 bits per heavy atom. The molecule has 0 rings (SSSR count). The summed E-state index contributed by atoms with van der Waals surface area (Å²) in [5, 5.41) is 2.63. The zero-order valence-electron chi connectivity index (χ0n) is 12.0. The fourth-order valence-corrected chi connectivity index (χ4v) is 1.35. The van der Waals surface area contributed by atoms with E-state index in [4.69, 9.17) is 4.74 Å². The van der Waals surface area contributed by atoms with Crippen LogP contribution in [0.4, 0.5) is 4.79 Å². The van der Waals surface area contributed by atoms with Crippen molar-refractivity contribution in [2.45, 2.75) is 46.3 Å². The molecule has 0 aromatic rings. The molecule has 104 valence electrons. The molecule has 18 heavy (non-hydrogen) atoms. The molecule has 1 amide bonds. The number of hydrogen-bond acceptors (Lipinski definition) is 4. The maximum atomic E-state index is 11.7. The van der Waals surface area contributed by atoms with Gasteiger partial charge in [0, 0.05) is 0 Å². The number of alkyl carbamates (subject to hydrolysis) is 1. The highest BCUT2D eigenvalue weighted by Crippen LogP contribution is 2.14. The maximum absolute atomic E-state index is 11.7. The Hall–Kier alpha value is -1.52. The van der Waals surface area contributed by atoms with Crippen LogP contribution in [0.2, 0.25) is 0 Å². The second-order valence-corrected chi connectivity index (χ2v) is 5.38. The van der Waals surface area contributed by atoms with Gasteiger partial charge in [-0.1, -0.05) is 20.4 Å². The van der Waals surface area contributed by atoms with Crippen molar-refractivity contribution in [2.75, 3.05) is 7.11 Å². The highest BCUT2D eigenvalue weighted by Gasteiger charge is 2.26. The third kappa shape index (κ3) is 5.70. The Bertz CT molecular complexity index is 328. The predicted molar refractivity (Wildman–Crippen MR) is 69.2 cm³/mol. The van der Waals surface area contributed by atoms with Crippen molar-refractivity contribution >= 4 is 12.1 Å². The van der Waals surface area contributed by atoms with Gasteiger partial charge in [0.25, 0.3) is 0 Å². The Balaban J connectivity index is 4.70. The smallest absolute Gasteiger partial charge is 0.408 e.